The second-order valence-electron chi connectivity index (χ2n) is 6.07. The van der Waals surface area contributed by atoms with Crippen LogP contribution in [0, 0.1) is 6.92 Å². The highest BCUT2D eigenvalue weighted by Crippen LogP contribution is 2.35. The summed E-state index contributed by atoms with van der Waals surface area (Å²) < 4.78 is 10.7. The fraction of sp³-hybridized carbons (Fsp3) is 0.0417. The number of aryl methyl sites for hydroxylation is 1. The summed E-state index contributed by atoms with van der Waals surface area (Å²) >= 11 is 0.0821. The van der Waals surface area contributed by atoms with Crippen LogP contribution in [0.5, 0.6) is 11.5 Å². The highest BCUT2D eigenvalue weighted by Gasteiger charge is 2.31. The van der Waals surface area contributed by atoms with E-state index in [0.717, 1.165) is 11.5 Å². The molecule has 1 nitrogen and oxygen atoms in total. The van der Waals surface area contributed by atoms with Crippen molar-refractivity contribution in [2.45, 2.75) is 16.7 Å². The first-order valence-corrected chi connectivity index (χ1v) is 12.5. The second kappa shape index (κ2) is 8.72. The minimum Gasteiger partial charge on any atom is -0.457 e. The lowest BCUT2D eigenvalue weighted by Crippen LogP contribution is -2.08. The topological polar surface area (TPSA) is 9.23 Å². The van der Waals surface area contributed by atoms with Gasteiger partial charge in [0.05, 0.1) is 10.9 Å². The Hall–Kier alpha value is -2.11. The molecule has 4 rings (SSSR count). The first-order valence-electron chi connectivity index (χ1n) is 8.76. The minimum absolute atomic E-state index is 0.0821. The summed E-state index contributed by atoms with van der Waals surface area (Å²) in [6.07, 6.45) is 4.63. The summed E-state index contributed by atoms with van der Waals surface area (Å²) in [6, 6.07) is 27.2. The molecule has 1 unspecified atom stereocenters. The van der Waals surface area contributed by atoms with E-state index in [1.54, 1.807) is 0 Å². The van der Waals surface area contributed by atoms with Crippen molar-refractivity contribution in [3.8, 4) is 11.5 Å². The molecule has 1 heterocycles. The van der Waals surface area contributed by atoms with E-state index in [2.05, 4.69) is 75.7 Å². The van der Waals surface area contributed by atoms with Gasteiger partial charge in [0.15, 0.2) is 14.7 Å². The third kappa shape index (κ3) is 4.42. The van der Waals surface area contributed by atoms with Crippen LogP contribution >= 0.6 is 20.7 Å². The SMILES string of the molecule is Cc1ccccc1[S+](C1=CC=IC=C1)c1ccc(Oc2ccccc2)cc1. The Morgan fingerprint density at radius 1 is 0.778 bits per heavy atom. The number of rotatable bonds is 5. The molecule has 0 bridgehead atoms. The molecule has 0 radical (unpaired) electrons. The zero-order valence-electron chi connectivity index (χ0n) is 15.0. The average molecular weight is 483 g/mol. The van der Waals surface area contributed by atoms with Crippen LogP contribution in [0.4, 0.5) is 0 Å². The van der Waals surface area contributed by atoms with E-state index in [0.29, 0.717) is 0 Å². The van der Waals surface area contributed by atoms with E-state index in [4.69, 9.17) is 4.74 Å². The quantitative estimate of drug-likeness (QED) is 0.280. The van der Waals surface area contributed by atoms with Crippen molar-refractivity contribution < 1.29 is 4.74 Å². The molecule has 3 aromatic carbocycles. The maximum Gasteiger partial charge on any atom is 0.169 e. The van der Waals surface area contributed by atoms with E-state index in [9.17, 15) is 0 Å². The van der Waals surface area contributed by atoms with Crippen LogP contribution in [-0.2, 0) is 10.9 Å². The summed E-state index contributed by atoms with van der Waals surface area (Å²) in [5.74, 6) is 1.73. The van der Waals surface area contributed by atoms with Crippen LogP contribution in [0.3, 0.4) is 0 Å². The molecule has 3 aromatic rings. The number of halogens is 1. The van der Waals surface area contributed by atoms with Crippen molar-refractivity contribution in [3.05, 3.63) is 106 Å². The van der Waals surface area contributed by atoms with Gasteiger partial charge in [-0.3, -0.25) is 0 Å². The Balaban J connectivity index is 1.68. The Morgan fingerprint density at radius 2 is 1.48 bits per heavy atom. The summed E-state index contributed by atoms with van der Waals surface area (Å²) in [6.45, 7) is 2.20. The first-order chi connectivity index (χ1) is 13.3. The van der Waals surface area contributed by atoms with E-state index in [1.165, 1.54) is 20.3 Å². The molecule has 0 aromatic heterocycles. The number of hydrogen-bond donors (Lipinski definition) is 0. The molecule has 0 N–H and O–H groups in total. The lowest BCUT2D eigenvalue weighted by atomic mass is 10.2. The van der Waals surface area contributed by atoms with Gasteiger partial charge >= 0.3 is 0 Å². The van der Waals surface area contributed by atoms with Crippen LogP contribution < -0.4 is 4.74 Å². The molecular weight excluding hydrogens is 463 g/mol. The predicted molar refractivity (Wildman–Crippen MR) is 125 cm³/mol. The van der Waals surface area contributed by atoms with Gasteiger partial charge in [-0.1, -0.05) is 57.1 Å². The van der Waals surface area contributed by atoms with Gasteiger partial charge < -0.3 is 4.74 Å². The lowest BCUT2D eigenvalue weighted by Gasteiger charge is -2.12. The van der Waals surface area contributed by atoms with Gasteiger partial charge in [-0.2, -0.15) is 0 Å². The van der Waals surface area contributed by atoms with Crippen molar-refractivity contribution in [1.29, 1.82) is 0 Å². The molecule has 3 heteroatoms. The van der Waals surface area contributed by atoms with Crippen LogP contribution in [0.15, 0.2) is 110 Å². The molecular formula is C24H20IOS+. The second-order valence-corrected chi connectivity index (χ2v) is 10.2. The van der Waals surface area contributed by atoms with Crippen molar-refractivity contribution in [2.75, 3.05) is 0 Å². The largest absolute Gasteiger partial charge is 0.457 e. The Bertz CT molecular complexity index is 1000. The molecule has 1 atom stereocenters. The molecule has 0 saturated carbocycles. The molecule has 0 aliphatic carbocycles. The minimum atomic E-state index is -0.0989. The maximum absolute atomic E-state index is 5.96. The van der Waals surface area contributed by atoms with E-state index in [-0.39, 0.29) is 31.6 Å². The highest BCUT2D eigenvalue weighted by molar-refractivity contribution is 14.2. The number of hydrogen-bond acceptors (Lipinski definition) is 1. The number of benzene rings is 3. The van der Waals surface area contributed by atoms with Crippen LogP contribution in [0.25, 0.3) is 0 Å². The molecule has 134 valence electrons. The van der Waals surface area contributed by atoms with E-state index >= 15 is 0 Å². The molecule has 0 saturated heterocycles. The Kier molecular flexibility index (Phi) is 5.90. The van der Waals surface area contributed by atoms with E-state index < -0.39 is 0 Å². The third-order valence-corrected chi connectivity index (χ3v) is 8.12. The van der Waals surface area contributed by atoms with Crippen LogP contribution in [-0.4, -0.2) is 4.01 Å². The molecule has 0 fully saturated rings. The van der Waals surface area contributed by atoms with E-state index in [1.807, 2.05) is 30.3 Å². The maximum atomic E-state index is 5.96. The smallest absolute Gasteiger partial charge is 0.169 e. The van der Waals surface area contributed by atoms with Gasteiger partial charge in [0.25, 0.3) is 0 Å². The normalized spacial score (nSPS) is 14.2. The molecule has 1 aliphatic rings. The Morgan fingerprint density at radius 3 is 2.19 bits per heavy atom. The molecule has 27 heavy (non-hydrogen) atoms. The highest BCUT2D eigenvalue weighted by atomic mass is 127. The number of para-hydroxylation sites is 1. The van der Waals surface area contributed by atoms with Gasteiger partial charge in [-0.05, 0) is 69.6 Å². The monoisotopic (exact) mass is 483 g/mol. The third-order valence-electron chi connectivity index (χ3n) is 4.19. The van der Waals surface area contributed by atoms with Crippen molar-refractivity contribution in [3.63, 3.8) is 0 Å². The predicted octanol–water partition coefficient (Wildman–Crippen LogP) is 7.01. The fourth-order valence-corrected chi connectivity index (χ4v) is 6.99. The number of allylic oxidation sites excluding steroid dienone is 2. The summed E-state index contributed by atoms with van der Waals surface area (Å²) in [5.41, 5.74) is 1.33. The molecule has 1 aliphatic heterocycles. The van der Waals surface area contributed by atoms with Gasteiger partial charge in [-0.15, -0.1) is 0 Å². The van der Waals surface area contributed by atoms with Crippen LogP contribution in [0.1, 0.15) is 5.56 Å². The zero-order chi connectivity index (χ0) is 18.5. The standard InChI is InChI=1S/C24H20IOS/c1-19-7-5-6-10-24(19)27(23-15-17-25-18-16-23)22-13-11-21(12-14-22)26-20-8-3-2-4-9-20/h2-18H,1H3/q+1. The molecule has 0 amide bonds. The summed E-state index contributed by atoms with van der Waals surface area (Å²) in [7, 11) is -0.0989. The lowest BCUT2D eigenvalue weighted by molar-refractivity contribution is 0.482. The van der Waals surface area contributed by atoms with Crippen molar-refractivity contribution in [2.24, 2.45) is 0 Å². The average Bonchev–Trinajstić information content (AvgIpc) is 2.72. The summed E-state index contributed by atoms with van der Waals surface area (Å²) in [5, 5.41) is 0. The van der Waals surface area contributed by atoms with Gasteiger partial charge in [0.2, 0.25) is 0 Å². The van der Waals surface area contributed by atoms with Crippen molar-refractivity contribution in [1.82, 2.24) is 0 Å². The summed E-state index contributed by atoms with van der Waals surface area (Å²) in [4.78, 5) is 4.08. The van der Waals surface area contributed by atoms with Gasteiger partial charge in [-0.25, -0.2) is 0 Å². The number of ether oxygens (including phenoxy) is 1. The van der Waals surface area contributed by atoms with Gasteiger partial charge in [0, 0.05) is 5.56 Å². The fourth-order valence-electron chi connectivity index (χ4n) is 2.87. The van der Waals surface area contributed by atoms with Crippen molar-refractivity contribution >= 4 is 35.6 Å². The Labute approximate surface area is 173 Å². The molecule has 0 spiro atoms. The van der Waals surface area contributed by atoms with Gasteiger partial charge in [0.1, 0.15) is 11.5 Å². The zero-order valence-corrected chi connectivity index (χ0v) is 18.0. The van der Waals surface area contributed by atoms with Crippen LogP contribution in [0.2, 0.25) is 0 Å². The first kappa shape index (κ1) is 18.3.